The number of nitrogens with zero attached hydrogens (tertiary/aromatic N) is 1. The van der Waals surface area contributed by atoms with Gasteiger partial charge in [0.1, 0.15) is 4.32 Å². The number of fused-ring (bicyclic) bond motifs is 1. The molecule has 2 aromatic rings. The Labute approximate surface area is 183 Å². The van der Waals surface area contributed by atoms with Crippen LogP contribution in [-0.4, -0.2) is 43.3 Å². The van der Waals surface area contributed by atoms with Crippen molar-refractivity contribution >= 4 is 63.0 Å². The molecule has 1 saturated heterocycles. The van der Waals surface area contributed by atoms with E-state index in [-0.39, 0.29) is 10.7 Å². The summed E-state index contributed by atoms with van der Waals surface area (Å²) in [5.74, 6) is -5.17. The molecule has 1 unspecified atom stereocenters. The monoisotopic (exact) mass is 443 g/mol. The van der Waals surface area contributed by atoms with E-state index < -0.39 is 29.8 Å². The second-order valence-electron chi connectivity index (χ2n) is 7.08. The summed E-state index contributed by atoms with van der Waals surface area (Å²) >= 11 is 6.42. The Kier molecular flexibility index (Phi) is 6.58. The van der Waals surface area contributed by atoms with Crippen LogP contribution < -0.4 is 0 Å². The van der Waals surface area contributed by atoms with E-state index in [0.717, 1.165) is 33.7 Å². The predicted octanol–water partition coefficient (Wildman–Crippen LogP) is 4.30. The van der Waals surface area contributed by atoms with Crippen LogP contribution in [0.2, 0.25) is 0 Å². The van der Waals surface area contributed by atoms with Gasteiger partial charge in [-0.3, -0.25) is 19.3 Å². The van der Waals surface area contributed by atoms with E-state index in [4.69, 9.17) is 12.2 Å². The Morgan fingerprint density at radius 1 is 1.13 bits per heavy atom. The zero-order valence-corrected chi connectivity index (χ0v) is 18.1. The summed E-state index contributed by atoms with van der Waals surface area (Å²) in [6, 6.07) is 10.7. The molecule has 2 N–H and O–H groups in total. The zero-order chi connectivity index (χ0) is 22.0. The molecule has 0 aliphatic carbocycles. The molecule has 0 radical (unpaired) electrons. The highest BCUT2D eigenvalue weighted by Crippen LogP contribution is 2.37. The Hall–Kier alpha value is -2.71. The van der Waals surface area contributed by atoms with Crippen molar-refractivity contribution in [1.82, 2.24) is 4.90 Å². The molecule has 0 saturated carbocycles. The second kappa shape index (κ2) is 8.97. The van der Waals surface area contributed by atoms with Gasteiger partial charge in [-0.25, -0.2) is 0 Å². The number of thioether (sulfide) groups is 1. The SMILES string of the molecule is CCCC(C(C(=O)O)C(=O)O)N1C(=O)C(=Cc2ccc(C)c3ccccc23)SC1=S. The Morgan fingerprint density at radius 2 is 1.77 bits per heavy atom. The predicted molar refractivity (Wildman–Crippen MR) is 121 cm³/mol. The van der Waals surface area contributed by atoms with Gasteiger partial charge in [0.05, 0.1) is 10.9 Å². The molecule has 1 aliphatic rings. The van der Waals surface area contributed by atoms with Crippen molar-refractivity contribution in [2.24, 2.45) is 5.92 Å². The van der Waals surface area contributed by atoms with Gasteiger partial charge in [0.2, 0.25) is 0 Å². The lowest BCUT2D eigenvalue weighted by atomic mass is 9.94. The normalized spacial score (nSPS) is 16.6. The van der Waals surface area contributed by atoms with E-state index in [9.17, 15) is 24.6 Å². The molecule has 8 heteroatoms. The zero-order valence-electron chi connectivity index (χ0n) is 16.5. The molecule has 0 aromatic heterocycles. The van der Waals surface area contributed by atoms with Crippen molar-refractivity contribution in [3.63, 3.8) is 0 Å². The molecule has 1 atom stereocenters. The van der Waals surface area contributed by atoms with E-state index in [0.29, 0.717) is 11.3 Å². The fourth-order valence-electron chi connectivity index (χ4n) is 3.68. The van der Waals surface area contributed by atoms with Gasteiger partial charge in [-0.05, 0) is 41.3 Å². The van der Waals surface area contributed by atoms with E-state index in [2.05, 4.69) is 0 Å². The summed E-state index contributed by atoms with van der Waals surface area (Å²) in [6.45, 7) is 3.82. The van der Waals surface area contributed by atoms with Crippen molar-refractivity contribution in [2.45, 2.75) is 32.7 Å². The maximum atomic E-state index is 13.2. The van der Waals surface area contributed by atoms with E-state index in [1.807, 2.05) is 43.3 Å². The van der Waals surface area contributed by atoms with Gasteiger partial charge < -0.3 is 10.2 Å². The maximum Gasteiger partial charge on any atom is 0.320 e. The third kappa shape index (κ3) is 4.11. The van der Waals surface area contributed by atoms with Crippen LogP contribution in [0.1, 0.15) is 30.9 Å². The lowest BCUT2D eigenvalue weighted by Crippen LogP contribution is -2.48. The van der Waals surface area contributed by atoms with E-state index in [1.165, 1.54) is 4.90 Å². The summed E-state index contributed by atoms with van der Waals surface area (Å²) in [4.78, 5) is 37.9. The van der Waals surface area contributed by atoms with Crippen LogP contribution in [0.15, 0.2) is 41.3 Å². The Morgan fingerprint density at radius 3 is 2.37 bits per heavy atom. The maximum absolute atomic E-state index is 13.2. The molecule has 1 heterocycles. The summed E-state index contributed by atoms with van der Waals surface area (Å²) in [7, 11) is 0. The smallest absolute Gasteiger partial charge is 0.320 e. The van der Waals surface area contributed by atoms with Crippen LogP contribution >= 0.6 is 24.0 Å². The number of carboxylic acid groups (broad SMARTS) is 2. The Bertz CT molecular complexity index is 1060. The van der Waals surface area contributed by atoms with Gasteiger partial charge in [0.15, 0.2) is 5.92 Å². The molecular formula is C22H21NO5S2. The quantitative estimate of drug-likeness (QED) is 0.374. The number of aliphatic carboxylic acids is 2. The molecule has 2 aromatic carbocycles. The average molecular weight is 444 g/mol. The number of carboxylic acids is 2. The van der Waals surface area contributed by atoms with Gasteiger partial charge in [-0.2, -0.15) is 0 Å². The van der Waals surface area contributed by atoms with Crippen LogP contribution in [0.5, 0.6) is 0 Å². The number of aryl methyl sites for hydroxylation is 1. The van der Waals surface area contributed by atoms with Crippen molar-refractivity contribution in [2.75, 3.05) is 0 Å². The minimum atomic E-state index is -1.74. The topological polar surface area (TPSA) is 94.9 Å². The van der Waals surface area contributed by atoms with Gasteiger partial charge >= 0.3 is 11.9 Å². The van der Waals surface area contributed by atoms with Crippen molar-refractivity contribution < 1.29 is 24.6 Å². The number of rotatable bonds is 7. The first-order chi connectivity index (χ1) is 14.3. The van der Waals surface area contributed by atoms with E-state index in [1.54, 1.807) is 13.0 Å². The second-order valence-corrected chi connectivity index (χ2v) is 8.75. The molecule has 3 rings (SSSR count). The molecule has 156 valence electrons. The largest absolute Gasteiger partial charge is 0.481 e. The first-order valence-electron chi connectivity index (χ1n) is 9.47. The average Bonchev–Trinajstić information content (AvgIpc) is 2.96. The highest BCUT2D eigenvalue weighted by molar-refractivity contribution is 8.26. The van der Waals surface area contributed by atoms with Gasteiger partial charge in [-0.1, -0.05) is 73.7 Å². The number of amides is 1. The molecule has 6 nitrogen and oxygen atoms in total. The fourth-order valence-corrected chi connectivity index (χ4v) is 5.05. The number of benzene rings is 2. The van der Waals surface area contributed by atoms with Crippen LogP contribution in [-0.2, 0) is 14.4 Å². The molecule has 1 amide bonds. The van der Waals surface area contributed by atoms with Gasteiger partial charge in [0.25, 0.3) is 5.91 Å². The fraction of sp³-hybridized carbons (Fsp3) is 0.273. The number of thiocarbonyl (C=S) groups is 1. The Balaban J connectivity index is 2.03. The summed E-state index contributed by atoms with van der Waals surface area (Å²) in [5.41, 5.74) is 1.96. The first-order valence-corrected chi connectivity index (χ1v) is 10.7. The molecule has 1 aliphatic heterocycles. The first kappa shape index (κ1) is 22.0. The molecule has 30 heavy (non-hydrogen) atoms. The van der Waals surface area contributed by atoms with Gasteiger partial charge in [-0.15, -0.1) is 0 Å². The third-order valence-electron chi connectivity index (χ3n) is 5.12. The van der Waals surface area contributed by atoms with Crippen LogP contribution in [0.25, 0.3) is 16.8 Å². The summed E-state index contributed by atoms with van der Waals surface area (Å²) in [6.07, 6.45) is 2.47. The van der Waals surface area contributed by atoms with Crippen LogP contribution in [0, 0.1) is 12.8 Å². The van der Waals surface area contributed by atoms with E-state index >= 15 is 0 Å². The number of hydrogen-bond acceptors (Lipinski definition) is 5. The third-order valence-corrected chi connectivity index (χ3v) is 6.45. The molecule has 0 spiro atoms. The van der Waals surface area contributed by atoms with Crippen molar-refractivity contribution in [3.05, 3.63) is 52.4 Å². The number of carbonyl (C=O) groups excluding carboxylic acids is 1. The van der Waals surface area contributed by atoms with Crippen LogP contribution in [0.4, 0.5) is 0 Å². The molecule has 0 bridgehead atoms. The highest BCUT2D eigenvalue weighted by Gasteiger charge is 2.45. The standard InChI is InChI=1S/C22H21NO5S2/c1-3-6-16(18(20(25)26)21(27)28)23-19(24)17(30-22(23)29)11-13-10-9-12(2)14-7-4-5-8-15(13)14/h4-5,7-11,16,18H,3,6H2,1-2H3,(H,25,26)(H,27,28). The van der Waals surface area contributed by atoms with Crippen LogP contribution in [0.3, 0.4) is 0 Å². The van der Waals surface area contributed by atoms with Crippen molar-refractivity contribution in [1.29, 1.82) is 0 Å². The number of hydrogen-bond donors (Lipinski definition) is 2. The lowest BCUT2D eigenvalue weighted by molar-refractivity contribution is -0.157. The molecular weight excluding hydrogens is 422 g/mol. The highest BCUT2D eigenvalue weighted by atomic mass is 32.2. The van der Waals surface area contributed by atoms with Crippen molar-refractivity contribution in [3.8, 4) is 0 Å². The summed E-state index contributed by atoms with van der Waals surface area (Å²) in [5, 5.41) is 20.9. The summed E-state index contributed by atoms with van der Waals surface area (Å²) < 4.78 is 0.175. The number of carbonyl (C=O) groups is 3. The lowest BCUT2D eigenvalue weighted by Gasteiger charge is -2.29. The van der Waals surface area contributed by atoms with Gasteiger partial charge in [0, 0.05) is 0 Å². The minimum Gasteiger partial charge on any atom is -0.481 e. The molecule has 1 fully saturated rings. The minimum absolute atomic E-state index is 0.175.